The van der Waals surface area contributed by atoms with Gasteiger partial charge in [-0.3, -0.25) is 9.59 Å². The van der Waals surface area contributed by atoms with Crippen molar-refractivity contribution in [2.45, 2.75) is 33.1 Å². The molecule has 108 valence electrons. The Morgan fingerprint density at radius 2 is 1.75 bits per heavy atom. The summed E-state index contributed by atoms with van der Waals surface area (Å²) in [5.41, 5.74) is 0.0510. The minimum absolute atomic E-state index is 0.0152. The summed E-state index contributed by atoms with van der Waals surface area (Å²) in [5, 5.41) is 0. The van der Waals surface area contributed by atoms with Crippen LogP contribution in [0.4, 0.5) is 0 Å². The second-order valence-corrected chi connectivity index (χ2v) is 5.06. The fourth-order valence-electron chi connectivity index (χ4n) is 2.20. The van der Waals surface area contributed by atoms with Crippen molar-refractivity contribution in [2.75, 3.05) is 13.2 Å². The highest BCUT2D eigenvalue weighted by atomic mass is 16.5. The molecule has 1 fully saturated rings. The van der Waals surface area contributed by atoms with Crippen molar-refractivity contribution in [3.63, 3.8) is 0 Å². The van der Waals surface area contributed by atoms with Crippen LogP contribution in [0.25, 0.3) is 0 Å². The van der Waals surface area contributed by atoms with Crippen LogP contribution in [-0.4, -0.2) is 25.0 Å². The topological polar surface area (TPSA) is 52.6 Å². The van der Waals surface area contributed by atoms with Crippen molar-refractivity contribution in [1.29, 1.82) is 0 Å². The summed E-state index contributed by atoms with van der Waals surface area (Å²) in [5.74, 6) is 0.494. The Labute approximate surface area is 119 Å². The second-order valence-electron chi connectivity index (χ2n) is 5.06. The molecular formula is C16H20O4. The summed E-state index contributed by atoms with van der Waals surface area (Å²) in [4.78, 5) is 24.1. The van der Waals surface area contributed by atoms with Crippen LogP contribution in [0.1, 0.15) is 43.5 Å². The summed E-state index contributed by atoms with van der Waals surface area (Å²) in [6.07, 6.45) is 1.73. The van der Waals surface area contributed by atoms with E-state index in [0.717, 1.165) is 18.6 Å². The van der Waals surface area contributed by atoms with E-state index in [0.29, 0.717) is 18.8 Å². The number of carbonyl (C=O) groups is 2. The highest BCUT2D eigenvalue weighted by molar-refractivity contribution is 5.99. The summed E-state index contributed by atoms with van der Waals surface area (Å²) in [7, 11) is 0. The number of esters is 1. The fraction of sp³-hybridized carbons (Fsp3) is 0.500. The van der Waals surface area contributed by atoms with Crippen LogP contribution in [0.15, 0.2) is 24.3 Å². The van der Waals surface area contributed by atoms with Crippen LogP contribution in [0.3, 0.4) is 0 Å². The van der Waals surface area contributed by atoms with Crippen LogP contribution in [-0.2, 0) is 9.53 Å². The van der Waals surface area contributed by atoms with E-state index >= 15 is 0 Å². The van der Waals surface area contributed by atoms with Crippen molar-refractivity contribution in [2.24, 2.45) is 5.41 Å². The van der Waals surface area contributed by atoms with E-state index in [-0.39, 0.29) is 18.2 Å². The zero-order valence-corrected chi connectivity index (χ0v) is 12.0. The molecule has 1 aromatic rings. The first-order valence-electron chi connectivity index (χ1n) is 7.04. The number of ether oxygens (including phenoxy) is 2. The average Bonchev–Trinajstić information content (AvgIpc) is 3.21. The van der Waals surface area contributed by atoms with Crippen molar-refractivity contribution < 1.29 is 19.1 Å². The largest absolute Gasteiger partial charge is 0.494 e. The SMILES string of the molecule is CCOC(=O)C1(CC(=O)c2ccc(OCC)cc2)CC1. The third kappa shape index (κ3) is 3.18. The maximum atomic E-state index is 12.2. The van der Waals surface area contributed by atoms with Crippen molar-refractivity contribution in [3.05, 3.63) is 29.8 Å². The zero-order chi connectivity index (χ0) is 14.6. The van der Waals surface area contributed by atoms with Gasteiger partial charge in [-0.2, -0.15) is 0 Å². The second kappa shape index (κ2) is 6.07. The minimum Gasteiger partial charge on any atom is -0.494 e. The first-order valence-corrected chi connectivity index (χ1v) is 7.04. The van der Waals surface area contributed by atoms with Gasteiger partial charge in [0.25, 0.3) is 0 Å². The Morgan fingerprint density at radius 1 is 1.10 bits per heavy atom. The molecule has 20 heavy (non-hydrogen) atoms. The van der Waals surface area contributed by atoms with Gasteiger partial charge >= 0.3 is 5.97 Å². The number of hydrogen-bond donors (Lipinski definition) is 0. The molecule has 1 aliphatic carbocycles. The van der Waals surface area contributed by atoms with Gasteiger partial charge in [0.1, 0.15) is 5.75 Å². The summed E-state index contributed by atoms with van der Waals surface area (Å²) in [6, 6.07) is 7.05. The number of Topliss-reactive ketones (excluding diaryl/α,β-unsaturated/α-hetero) is 1. The van der Waals surface area contributed by atoms with Gasteiger partial charge in [-0.15, -0.1) is 0 Å². The molecule has 1 saturated carbocycles. The maximum Gasteiger partial charge on any atom is 0.312 e. The van der Waals surface area contributed by atoms with Gasteiger partial charge in [0, 0.05) is 12.0 Å². The Kier molecular flexibility index (Phi) is 4.42. The lowest BCUT2D eigenvalue weighted by Crippen LogP contribution is -2.22. The molecule has 0 saturated heterocycles. The first kappa shape index (κ1) is 14.6. The Balaban J connectivity index is 1.99. The standard InChI is InChI=1S/C16H20O4/c1-3-19-13-7-5-12(6-8-13)14(17)11-16(9-10-16)15(18)20-4-2/h5-8H,3-4,9-11H2,1-2H3. The van der Waals surface area contributed by atoms with Crippen molar-refractivity contribution in [3.8, 4) is 5.75 Å². The lowest BCUT2D eigenvalue weighted by molar-refractivity contribution is -0.149. The Hall–Kier alpha value is -1.84. The molecule has 4 nitrogen and oxygen atoms in total. The zero-order valence-electron chi connectivity index (χ0n) is 12.0. The normalized spacial score (nSPS) is 15.5. The third-order valence-electron chi connectivity index (χ3n) is 3.55. The van der Waals surface area contributed by atoms with Crippen molar-refractivity contribution in [1.82, 2.24) is 0 Å². The molecule has 1 aromatic carbocycles. The maximum absolute atomic E-state index is 12.2. The third-order valence-corrected chi connectivity index (χ3v) is 3.55. The molecule has 0 heterocycles. The molecule has 0 amide bonds. The van der Waals surface area contributed by atoms with E-state index in [1.54, 1.807) is 31.2 Å². The van der Waals surface area contributed by atoms with E-state index in [9.17, 15) is 9.59 Å². The van der Waals surface area contributed by atoms with Gasteiger partial charge in [0.15, 0.2) is 5.78 Å². The van der Waals surface area contributed by atoms with Crippen LogP contribution in [0, 0.1) is 5.41 Å². The lowest BCUT2D eigenvalue weighted by atomic mass is 9.95. The van der Waals surface area contributed by atoms with E-state index in [1.165, 1.54) is 0 Å². The molecule has 0 atom stereocenters. The highest BCUT2D eigenvalue weighted by Gasteiger charge is 2.52. The molecular weight excluding hydrogens is 256 g/mol. The van der Waals surface area contributed by atoms with Gasteiger partial charge in [-0.25, -0.2) is 0 Å². The van der Waals surface area contributed by atoms with E-state index < -0.39 is 5.41 Å². The van der Waals surface area contributed by atoms with Gasteiger partial charge in [0.2, 0.25) is 0 Å². The lowest BCUT2D eigenvalue weighted by Gasteiger charge is -2.13. The molecule has 0 N–H and O–H groups in total. The van der Waals surface area contributed by atoms with E-state index in [1.807, 2.05) is 6.92 Å². The van der Waals surface area contributed by atoms with Crippen LogP contribution >= 0.6 is 0 Å². The first-order chi connectivity index (χ1) is 9.61. The molecule has 4 heteroatoms. The number of ketones is 1. The molecule has 0 unspecified atom stereocenters. The molecule has 0 aromatic heterocycles. The minimum atomic E-state index is -0.564. The van der Waals surface area contributed by atoms with Gasteiger partial charge in [0.05, 0.1) is 18.6 Å². The number of carbonyl (C=O) groups excluding carboxylic acids is 2. The highest BCUT2D eigenvalue weighted by Crippen LogP contribution is 2.50. The molecule has 0 aliphatic heterocycles. The van der Waals surface area contributed by atoms with Crippen molar-refractivity contribution >= 4 is 11.8 Å². The molecule has 0 bridgehead atoms. The molecule has 0 spiro atoms. The van der Waals surface area contributed by atoms with E-state index in [2.05, 4.69) is 0 Å². The van der Waals surface area contributed by atoms with Gasteiger partial charge < -0.3 is 9.47 Å². The van der Waals surface area contributed by atoms with Crippen LogP contribution in [0.5, 0.6) is 5.75 Å². The van der Waals surface area contributed by atoms with Crippen LogP contribution < -0.4 is 4.74 Å². The molecule has 0 radical (unpaired) electrons. The fourth-order valence-corrected chi connectivity index (χ4v) is 2.20. The van der Waals surface area contributed by atoms with Gasteiger partial charge in [-0.05, 0) is 51.0 Å². The monoisotopic (exact) mass is 276 g/mol. The predicted molar refractivity (Wildman–Crippen MR) is 74.9 cm³/mol. The summed E-state index contributed by atoms with van der Waals surface area (Å²) < 4.78 is 10.4. The number of hydrogen-bond acceptors (Lipinski definition) is 4. The number of benzene rings is 1. The predicted octanol–water partition coefficient (Wildman–Crippen LogP) is 3.00. The number of rotatable bonds is 7. The smallest absolute Gasteiger partial charge is 0.312 e. The Bertz CT molecular complexity index is 486. The quantitative estimate of drug-likeness (QED) is 0.567. The Morgan fingerprint density at radius 3 is 2.25 bits per heavy atom. The molecule has 1 aliphatic rings. The van der Waals surface area contributed by atoms with Gasteiger partial charge in [-0.1, -0.05) is 0 Å². The average molecular weight is 276 g/mol. The van der Waals surface area contributed by atoms with E-state index in [4.69, 9.17) is 9.47 Å². The summed E-state index contributed by atoms with van der Waals surface area (Å²) >= 11 is 0. The van der Waals surface area contributed by atoms with Crippen LogP contribution in [0.2, 0.25) is 0 Å². The molecule has 2 rings (SSSR count). The summed E-state index contributed by atoms with van der Waals surface area (Å²) in [6.45, 7) is 4.65.